The zero-order chi connectivity index (χ0) is 9.30. The quantitative estimate of drug-likeness (QED) is 0.368. The number of halogens is 1. The van der Waals surface area contributed by atoms with E-state index in [2.05, 4.69) is 4.74 Å². The summed E-state index contributed by atoms with van der Waals surface area (Å²) >= 11 is 0. The first-order valence-corrected chi connectivity index (χ1v) is 3.52. The van der Waals surface area contributed by atoms with Gasteiger partial charge in [0.25, 0.3) is 0 Å². The van der Waals surface area contributed by atoms with Crippen molar-refractivity contribution in [2.24, 2.45) is 0 Å². The second-order valence-electron chi connectivity index (χ2n) is 2.67. The molecule has 0 aromatic heterocycles. The lowest BCUT2D eigenvalue weighted by Gasteiger charge is -2.36. The molecule has 1 unspecified atom stereocenters. The van der Waals surface area contributed by atoms with Crippen LogP contribution in [-0.2, 0) is 4.74 Å². The molecule has 0 aromatic rings. The molecule has 1 fully saturated rings. The zero-order valence-electron chi connectivity index (χ0n) is 6.17. The molecule has 0 spiro atoms. The van der Waals surface area contributed by atoms with Crippen LogP contribution < -0.4 is 0 Å². The van der Waals surface area contributed by atoms with Gasteiger partial charge in [-0.05, 0) is 0 Å². The fourth-order valence-electron chi connectivity index (χ4n) is 1.06. The Morgan fingerprint density at radius 1 is 1.17 bits per heavy atom. The van der Waals surface area contributed by atoms with Gasteiger partial charge in [-0.15, -0.1) is 0 Å². The summed E-state index contributed by atoms with van der Waals surface area (Å²) in [6.07, 6.45) is -8.19. The maximum absolute atomic E-state index is 12.9. The minimum Gasteiger partial charge on any atom is -0.394 e. The van der Waals surface area contributed by atoms with Gasteiger partial charge in [0, 0.05) is 0 Å². The van der Waals surface area contributed by atoms with E-state index in [1.165, 1.54) is 0 Å². The van der Waals surface area contributed by atoms with Gasteiger partial charge in [0.1, 0.15) is 18.3 Å². The summed E-state index contributed by atoms with van der Waals surface area (Å²) < 4.78 is 17.3. The summed E-state index contributed by atoms with van der Waals surface area (Å²) in [6.45, 7) is -0.651. The van der Waals surface area contributed by atoms with Crippen LogP contribution in [0.15, 0.2) is 0 Å². The average molecular weight is 182 g/mol. The molecule has 4 N–H and O–H groups in total. The smallest absolute Gasteiger partial charge is 0.184 e. The lowest BCUT2D eigenvalue weighted by Crippen LogP contribution is -2.56. The molecule has 0 radical (unpaired) electrons. The number of ether oxygens (including phenoxy) is 1. The van der Waals surface area contributed by atoms with E-state index in [-0.39, 0.29) is 0 Å². The number of hydrogen-bond donors (Lipinski definition) is 4. The SMILES string of the molecule is OC[C@@H]1OC(O)[C@@H](O)[C@H](O)[C@H]1F. The topological polar surface area (TPSA) is 90.2 Å². The third-order valence-electron chi connectivity index (χ3n) is 1.82. The molecule has 0 aromatic carbocycles. The molecule has 6 heteroatoms. The van der Waals surface area contributed by atoms with Gasteiger partial charge < -0.3 is 25.2 Å². The third-order valence-corrected chi connectivity index (χ3v) is 1.82. The second-order valence-corrected chi connectivity index (χ2v) is 2.67. The van der Waals surface area contributed by atoms with E-state index in [0.717, 1.165) is 0 Å². The van der Waals surface area contributed by atoms with Crippen molar-refractivity contribution >= 4 is 0 Å². The highest BCUT2D eigenvalue weighted by Gasteiger charge is 2.43. The highest BCUT2D eigenvalue weighted by Crippen LogP contribution is 2.21. The minimum absolute atomic E-state index is 0.651. The maximum atomic E-state index is 12.9. The Morgan fingerprint density at radius 2 is 1.75 bits per heavy atom. The molecule has 0 bridgehead atoms. The van der Waals surface area contributed by atoms with E-state index >= 15 is 0 Å². The van der Waals surface area contributed by atoms with Crippen molar-refractivity contribution in [3.05, 3.63) is 0 Å². The number of hydrogen-bond acceptors (Lipinski definition) is 5. The standard InChI is InChI=1S/C6H11FO5/c7-3-2(1-8)12-6(11)5(10)4(3)9/h2-6,8-11H,1H2/t2-,3-,4+,5-,6?/m0/s1. The van der Waals surface area contributed by atoms with Crippen molar-refractivity contribution in [2.75, 3.05) is 6.61 Å². The van der Waals surface area contributed by atoms with Gasteiger partial charge in [0.2, 0.25) is 0 Å². The van der Waals surface area contributed by atoms with Gasteiger partial charge in [-0.1, -0.05) is 0 Å². The van der Waals surface area contributed by atoms with Gasteiger partial charge in [-0.25, -0.2) is 4.39 Å². The molecule has 1 aliphatic rings. The summed E-state index contributed by atoms with van der Waals surface area (Å²) in [4.78, 5) is 0. The number of alkyl halides is 1. The van der Waals surface area contributed by atoms with E-state index in [0.29, 0.717) is 0 Å². The van der Waals surface area contributed by atoms with E-state index in [1.807, 2.05) is 0 Å². The fourth-order valence-corrected chi connectivity index (χ4v) is 1.06. The Kier molecular flexibility index (Phi) is 2.97. The zero-order valence-corrected chi connectivity index (χ0v) is 6.17. The molecule has 0 saturated carbocycles. The van der Waals surface area contributed by atoms with E-state index < -0.39 is 37.4 Å². The summed E-state index contributed by atoms with van der Waals surface area (Å²) in [6, 6.07) is 0. The van der Waals surface area contributed by atoms with Crippen molar-refractivity contribution in [3.63, 3.8) is 0 Å². The summed E-state index contributed by atoms with van der Waals surface area (Å²) in [5.41, 5.74) is 0. The van der Waals surface area contributed by atoms with Crippen molar-refractivity contribution in [3.8, 4) is 0 Å². The van der Waals surface area contributed by atoms with Crippen LogP contribution in [0.25, 0.3) is 0 Å². The molecule has 1 saturated heterocycles. The minimum atomic E-state index is -1.88. The molecular formula is C6H11FO5. The lowest BCUT2D eigenvalue weighted by molar-refractivity contribution is -0.274. The predicted molar refractivity (Wildman–Crippen MR) is 34.9 cm³/mol. The van der Waals surface area contributed by atoms with Crippen LogP contribution in [0, 0.1) is 0 Å². The number of aliphatic hydroxyl groups excluding tert-OH is 4. The first-order valence-electron chi connectivity index (χ1n) is 3.52. The van der Waals surface area contributed by atoms with Crippen molar-refractivity contribution in [1.29, 1.82) is 0 Å². The molecular weight excluding hydrogens is 171 g/mol. The van der Waals surface area contributed by atoms with Gasteiger partial charge >= 0.3 is 0 Å². The first kappa shape index (κ1) is 9.82. The largest absolute Gasteiger partial charge is 0.394 e. The molecule has 5 nitrogen and oxygen atoms in total. The molecule has 5 atom stereocenters. The average Bonchev–Trinajstić information content (AvgIpc) is 2.08. The molecule has 1 aliphatic heterocycles. The Balaban J connectivity index is 2.63. The molecule has 72 valence electrons. The highest BCUT2D eigenvalue weighted by atomic mass is 19.1. The van der Waals surface area contributed by atoms with Crippen LogP contribution >= 0.6 is 0 Å². The second kappa shape index (κ2) is 3.63. The first-order chi connectivity index (χ1) is 5.57. The molecule has 0 amide bonds. The molecule has 1 heterocycles. The monoisotopic (exact) mass is 182 g/mol. The summed E-state index contributed by atoms with van der Waals surface area (Å²) in [5.74, 6) is 0. The van der Waals surface area contributed by atoms with Crippen molar-refractivity contribution in [2.45, 2.75) is 30.8 Å². The predicted octanol–water partition coefficient (Wildman–Crippen LogP) is -2.24. The Labute approximate surface area is 68.0 Å². The fraction of sp³-hybridized carbons (Fsp3) is 1.00. The Bertz CT molecular complexity index is 150. The van der Waals surface area contributed by atoms with Crippen LogP contribution in [0.4, 0.5) is 4.39 Å². The maximum Gasteiger partial charge on any atom is 0.184 e. The van der Waals surface area contributed by atoms with Crippen LogP contribution in [0.5, 0.6) is 0 Å². The highest BCUT2D eigenvalue weighted by molar-refractivity contribution is 4.88. The van der Waals surface area contributed by atoms with E-state index in [4.69, 9.17) is 20.4 Å². The number of rotatable bonds is 1. The van der Waals surface area contributed by atoms with Crippen LogP contribution in [-0.4, -0.2) is 57.8 Å². The van der Waals surface area contributed by atoms with Crippen LogP contribution in [0.1, 0.15) is 0 Å². The van der Waals surface area contributed by atoms with Crippen LogP contribution in [0.2, 0.25) is 0 Å². The summed E-state index contributed by atoms with van der Waals surface area (Å²) in [7, 11) is 0. The Hall–Kier alpha value is -0.270. The van der Waals surface area contributed by atoms with Crippen LogP contribution in [0.3, 0.4) is 0 Å². The van der Waals surface area contributed by atoms with E-state index in [9.17, 15) is 4.39 Å². The van der Waals surface area contributed by atoms with Crippen molar-refractivity contribution in [1.82, 2.24) is 0 Å². The molecule has 0 aliphatic carbocycles. The third kappa shape index (κ3) is 1.57. The lowest BCUT2D eigenvalue weighted by atomic mass is 10.0. The Morgan fingerprint density at radius 3 is 2.25 bits per heavy atom. The number of aliphatic hydroxyl groups is 4. The van der Waals surface area contributed by atoms with Gasteiger partial charge in [0.15, 0.2) is 12.5 Å². The molecule has 12 heavy (non-hydrogen) atoms. The van der Waals surface area contributed by atoms with E-state index in [1.54, 1.807) is 0 Å². The normalized spacial score (nSPS) is 49.2. The molecule has 1 rings (SSSR count). The van der Waals surface area contributed by atoms with Gasteiger partial charge in [0.05, 0.1) is 6.61 Å². The van der Waals surface area contributed by atoms with Gasteiger partial charge in [-0.2, -0.15) is 0 Å². The van der Waals surface area contributed by atoms with Crippen molar-refractivity contribution < 1.29 is 29.6 Å². The summed E-state index contributed by atoms with van der Waals surface area (Å²) in [5, 5.41) is 35.2. The van der Waals surface area contributed by atoms with Gasteiger partial charge in [-0.3, -0.25) is 0 Å².